The maximum Gasteiger partial charge on any atom is 0.530 e. The number of nitrogen functional groups attached to an aromatic ring is 1. The van der Waals surface area contributed by atoms with Crippen molar-refractivity contribution in [3.63, 3.8) is 0 Å². The summed E-state index contributed by atoms with van der Waals surface area (Å²) < 4.78 is 91.1. The van der Waals surface area contributed by atoms with Crippen molar-refractivity contribution >= 4 is 74.3 Å². The van der Waals surface area contributed by atoms with Crippen molar-refractivity contribution in [1.82, 2.24) is 30.2 Å². The van der Waals surface area contributed by atoms with Crippen LogP contribution in [0, 0.1) is 0 Å². The van der Waals surface area contributed by atoms with Crippen LogP contribution in [0.4, 0.5) is 25.2 Å². The molecule has 2 aromatic carbocycles. The Morgan fingerprint density at radius 1 is 1.01 bits per heavy atom. The Labute approximate surface area is 381 Å². The Morgan fingerprint density at radius 2 is 1.69 bits per heavy atom. The summed E-state index contributed by atoms with van der Waals surface area (Å²) in [6.45, 7) is -6.59. The second-order valence-electron chi connectivity index (χ2n) is 13.9. The van der Waals surface area contributed by atoms with E-state index in [1.54, 1.807) is 0 Å². The van der Waals surface area contributed by atoms with Gasteiger partial charge >= 0.3 is 39.6 Å². The largest absolute Gasteiger partial charge is 0.530 e. The number of rotatable bonds is 22. The van der Waals surface area contributed by atoms with Crippen LogP contribution in [-0.4, -0.2) is 131 Å². The quantitative estimate of drug-likeness (QED) is 0.0558. The first kappa shape index (κ1) is 52.0. The zero-order valence-corrected chi connectivity index (χ0v) is 37.2. The number of likely N-dealkylation sites (N-methyl/N-ethyl adjacent to an activating group) is 1. The van der Waals surface area contributed by atoms with E-state index in [1.807, 2.05) is 0 Å². The van der Waals surface area contributed by atoms with Crippen molar-refractivity contribution in [2.45, 2.75) is 38.1 Å². The SMILES string of the molecule is CN(C)C(=O)COC(=O)c1cc(COC(=O)N(Cc2cnc3nc(N)[nH]c(=O)c3n2)c2ccc(C(=O)NC(CCC(=O)O)C(=O)O)cc2)ccc1OP1(=O)OCC(OP(=O)(OCF)OCF)CO1. The number of nitrogens with two attached hydrogens (primary N) is 1. The van der Waals surface area contributed by atoms with Crippen molar-refractivity contribution in [3.8, 4) is 5.75 Å². The van der Waals surface area contributed by atoms with Crippen LogP contribution >= 0.6 is 15.6 Å². The third-order valence-corrected chi connectivity index (χ3v) is 11.6. The van der Waals surface area contributed by atoms with Gasteiger partial charge in [-0.05, 0) is 48.4 Å². The van der Waals surface area contributed by atoms with Crippen LogP contribution in [0.5, 0.6) is 5.75 Å². The normalized spacial score (nSPS) is 16.3. The minimum Gasteiger partial charge on any atom is -0.481 e. The Hall–Kier alpha value is -7.00. The van der Waals surface area contributed by atoms with Crippen molar-refractivity contribution in [3.05, 3.63) is 81.4 Å². The number of nitrogens with zero attached hydrogens (tertiary/aromatic N) is 5. The number of alkyl halides is 2. The standard InChI is InChI=1S/C37H40F2N8O19P2/c1-46(2)28(48)17-59-35(55)25-11-20(3-9-27(25)66-67(57)61-15-24(16-62-67)65-68(58,63-18-38)64-19-39)14-60-37(56)47(13-22-12-41-31-30(42-22)33(52)45-36(40)44-31)23-6-4-21(5-7-23)32(51)43-26(34(53)54)8-10-29(49)50/h3-7,9,11-12,24,26H,8,10,13-19H2,1-2H3,(H,43,51)(H,49,50)(H,53,54)(H3,40,41,44,45,52). The number of anilines is 2. The van der Waals surface area contributed by atoms with Crippen molar-refractivity contribution in [1.29, 1.82) is 0 Å². The highest BCUT2D eigenvalue weighted by atomic mass is 31.2. The second kappa shape index (κ2) is 23.1. The molecule has 5 rings (SSSR count). The summed E-state index contributed by atoms with van der Waals surface area (Å²) >= 11 is 0. The molecule has 1 aliphatic rings. The third kappa shape index (κ3) is 14.3. The highest BCUT2D eigenvalue weighted by Gasteiger charge is 2.41. The van der Waals surface area contributed by atoms with E-state index in [1.165, 1.54) is 50.6 Å². The average molecular weight is 1000 g/mol. The highest BCUT2D eigenvalue weighted by molar-refractivity contribution is 7.49. The molecule has 0 aliphatic carbocycles. The molecule has 6 N–H and O–H groups in total. The summed E-state index contributed by atoms with van der Waals surface area (Å²) in [5.74, 6) is -6.21. The number of amides is 3. The fourth-order valence-electron chi connectivity index (χ4n) is 5.56. The van der Waals surface area contributed by atoms with Gasteiger partial charge in [0.15, 0.2) is 31.5 Å². The summed E-state index contributed by atoms with van der Waals surface area (Å²) in [6.07, 6.45) is -2.26. The van der Waals surface area contributed by atoms with Gasteiger partial charge in [0, 0.05) is 31.8 Å². The lowest BCUT2D eigenvalue weighted by Gasteiger charge is -2.29. The zero-order chi connectivity index (χ0) is 49.8. The maximum atomic E-state index is 13.9. The second-order valence-corrected chi connectivity index (χ2v) is 17.2. The smallest absolute Gasteiger partial charge is 0.481 e. The molecule has 1 aliphatic heterocycles. The van der Waals surface area contributed by atoms with Gasteiger partial charge in [-0.2, -0.15) is 4.98 Å². The minimum atomic E-state index is -4.77. The number of halogens is 2. The number of carbonyl (C=O) groups is 6. The predicted molar refractivity (Wildman–Crippen MR) is 223 cm³/mol. The van der Waals surface area contributed by atoms with Crippen LogP contribution in [0.3, 0.4) is 0 Å². The molecule has 366 valence electrons. The van der Waals surface area contributed by atoms with E-state index >= 15 is 0 Å². The van der Waals surface area contributed by atoms with E-state index in [0.29, 0.717) is 0 Å². The molecule has 1 saturated heterocycles. The number of fused-ring (bicyclic) bond motifs is 1. The van der Waals surface area contributed by atoms with Crippen LogP contribution in [0.25, 0.3) is 11.2 Å². The lowest BCUT2D eigenvalue weighted by Crippen LogP contribution is -2.41. The fourth-order valence-corrected chi connectivity index (χ4v) is 7.76. The molecule has 1 unspecified atom stereocenters. The number of aromatic nitrogens is 4. The summed E-state index contributed by atoms with van der Waals surface area (Å²) in [4.78, 5) is 104. The Morgan fingerprint density at radius 3 is 2.31 bits per heavy atom. The molecule has 0 bridgehead atoms. The van der Waals surface area contributed by atoms with E-state index in [0.717, 1.165) is 21.9 Å². The van der Waals surface area contributed by atoms with E-state index in [-0.39, 0.29) is 39.6 Å². The van der Waals surface area contributed by atoms with Gasteiger partial charge in [0.2, 0.25) is 5.95 Å². The first-order chi connectivity index (χ1) is 32.2. The third-order valence-electron chi connectivity index (χ3n) is 8.91. The molecule has 3 heterocycles. The number of H-pyrrole nitrogens is 1. The van der Waals surface area contributed by atoms with Gasteiger partial charge in [0.1, 0.15) is 30.1 Å². The number of aliphatic carboxylic acids is 2. The molecule has 0 radical (unpaired) electrons. The molecule has 4 aromatic rings. The first-order valence-corrected chi connectivity index (χ1v) is 22.2. The number of ether oxygens (including phenoxy) is 2. The summed E-state index contributed by atoms with van der Waals surface area (Å²) in [6, 6.07) is 6.89. The highest BCUT2D eigenvalue weighted by Crippen LogP contribution is 2.56. The van der Waals surface area contributed by atoms with Gasteiger partial charge in [0.05, 0.1) is 31.6 Å². The monoisotopic (exact) mass is 1000 g/mol. The number of carboxylic acids is 2. The van der Waals surface area contributed by atoms with Crippen LogP contribution in [0.2, 0.25) is 0 Å². The molecule has 1 fully saturated rings. The number of carbonyl (C=O) groups excluding carboxylic acids is 4. The molecular formula is C37H40F2N8O19P2. The molecule has 0 saturated carbocycles. The van der Waals surface area contributed by atoms with Crippen LogP contribution in [0.15, 0.2) is 53.5 Å². The van der Waals surface area contributed by atoms with Gasteiger partial charge in [0.25, 0.3) is 17.4 Å². The molecule has 1 atom stereocenters. The summed E-state index contributed by atoms with van der Waals surface area (Å²) in [7, 11) is -6.64. The molecule has 0 spiro atoms. The van der Waals surface area contributed by atoms with Crippen LogP contribution < -0.4 is 26.0 Å². The van der Waals surface area contributed by atoms with Gasteiger partial charge in [-0.25, -0.2) is 42.3 Å². The number of benzene rings is 2. The lowest BCUT2D eigenvalue weighted by molar-refractivity contribution is -0.140. The van der Waals surface area contributed by atoms with Crippen molar-refractivity contribution in [2.24, 2.45) is 0 Å². The molecule has 27 nitrogen and oxygen atoms in total. The Balaban J connectivity index is 1.39. The molecular weight excluding hydrogens is 960 g/mol. The number of phosphoric ester groups is 2. The number of nitrogens with one attached hydrogen (secondary N) is 2. The Kier molecular flexibility index (Phi) is 17.7. The van der Waals surface area contributed by atoms with E-state index in [4.69, 9.17) is 38.4 Å². The first-order valence-electron chi connectivity index (χ1n) is 19.3. The van der Waals surface area contributed by atoms with Crippen molar-refractivity contribution < 1.29 is 93.5 Å². The van der Waals surface area contributed by atoms with Crippen molar-refractivity contribution in [2.75, 3.05) is 58.3 Å². The lowest BCUT2D eigenvalue weighted by atomic mass is 10.1. The maximum absolute atomic E-state index is 13.9. The van der Waals surface area contributed by atoms with E-state index in [9.17, 15) is 56.6 Å². The number of esters is 1. The number of aromatic amines is 1. The predicted octanol–water partition coefficient (Wildman–Crippen LogP) is 2.85. The number of phosphoric acid groups is 2. The number of carboxylic acid groups (broad SMARTS) is 2. The van der Waals surface area contributed by atoms with Crippen LogP contribution in [-0.2, 0) is 68.8 Å². The topological polar surface area (TPSA) is 367 Å². The average Bonchev–Trinajstić information content (AvgIpc) is 3.29. The van der Waals surface area contributed by atoms with E-state index < -0.39 is 140 Å². The summed E-state index contributed by atoms with van der Waals surface area (Å²) in [5.41, 5.74) is 4.06. The molecule has 2 aromatic heterocycles. The number of hydrogen-bond donors (Lipinski definition) is 5. The zero-order valence-electron chi connectivity index (χ0n) is 35.4. The minimum absolute atomic E-state index is 0.0185. The Bertz CT molecular complexity index is 2670. The van der Waals surface area contributed by atoms with E-state index in [2.05, 4.69) is 34.3 Å². The van der Waals surface area contributed by atoms with Crippen LogP contribution in [0.1, 0.15) is 44.8 Å². The fraction of sp³-hybridized carbons (Fsp3) is 0.351. The van der Waals surface area contributed by atoms with Gasteiger partial charge in [-0.15, -0.1) is 0 Å². The molecule has 31 heteroatoms. The van der Waals surface area contributed by atoms with Gasteiger partial charge < -0.3 is 40.2 Å². The van der Waals surface area contributed by atoms with Gasteiger partial charge in [-0.1, -0.05) is 6.07 Å². The summed E-state index contributed by atoms with van der Waals surface area (Å²) in [5, 5.41) is 20.7. The number of hydrogen-bond acceptors (Lipinski definition) is 21. The molecule has 3 amide bonds. The van der Waals surface area contributed by atoms with Gasteiger partial charge in [-0.3, -0.25) is 51.7 Å². The molecule has 68 heavy (non-hydrogen) atoms.